The lowest BCUT2D eigenvalue weighted by Crippen LogP contribution is -2.35. The van der Waals surface area contributed by atoms with Crippen LogP contribution in [0.4, 0.5) is 0 Å². The molecular formula is C19H18N2O5. The van der Waals surface area contributed by atoms with Crippen LogP contribution in [-0.2, 0) is 9.53 Å². The van der Waals surface area contributed by atoms with Crippen molar-refractivity contribution in [2.24, 2.45) is 5.92 Å². The molecule has 0 bridgehead atoms. The number of hydrogen-bond donors (Lipinski definition) is 2. The van der Waals surface area contributed by atoms with Gasteiger partial charge in [0.2, 0.25) is 0 Å². The van der Waals surface area contributed by atoms with E-state index in [9.17, 15) is 14.7 Å². The zero-order valence-corrected chi connectivity index (χ0v) is 14.6. The lowest BCUT2D eigenvalue weighted by Gasteiger charge is -2.29. The SMILES string of the molecule is CC1=C2OC(=O)c3c(-c4ccn[nH]4)cc(O)c(C)c3OC2C(C)CC1=O. The van der Waals surface area contributed by atoms with E-state index in [0.717, 1.165) is 0 Å². The highest BCUT2D eigenvalue weighted by Gasteiger charge is 2.41. The summed E-state index contributed by atoms with van der Waals surface area (Å²) in [4.78, 5) is 25.1. The Kier molecular flexibility index (Phi) is 3.61. The minimum atomic E-state index is -0.619. The predicted octanol–water partition coefficient (Wildman–Crippen LogP) is 2.89. The smallest absolute Gasteiger partial charge is 0.347 e. The van der Waals surface area contributed by atoms with E-state index in [0.29, 0.717) is 28.8 Å². The zero-order valence-electron chi connectivity index (χ0n) is 14.6. The normalized spacial score (nSPS) is 22.3. The van der Waals surface area contributed by atoms with Gasteiger partial charge in [0.05, 0.1) is 5.69 Å². The van der Waals surface area contributed by atoms with Gasteiger partial charge >= 0.3 is 5.97 Å². The van der Waals surface area contributed by atoms with Crippen molar-refractivity contribution in [1.29, 1.82) is 0 Å². The van der Waals surface area contributed by atoms with Gasteiger partial charge in [0.1, 0.15) is 17.1 Å². The van der Waals surface area contributed by atoms with Gasteiger partial charge in [-0.1, -0.05) is 6.92 Å². The Balaban J connectivity index is 1.97. The maximum atomic E-state index is 12.9. The topological polar surface area (TPSA) is 102 Å². The van der Waals surface area contributed by atoms with Crippen molar-refractivity contribution < 1.29 is 24.2 Å². The fraction of sp³-hybridized carbons (Fsp3) is 0.316. The number of phenols is 1. The number of rotatable bonds is 1. The number of nitrogens with one attached hydrogen (secondary N) is 1. The molecule has 0 saturated carbocycles. The molecule has 4 rings (SSSR count). The molecule has 0 amide bonds. The number of aromatic nitrogens is 2. The van der Waals surface area contributed by atoms with E-state index in [1.54, 1.807) is 26.1 Å². The molecule has 1 aliphatic heterocycles. The number of ketones is 1. The second-order valence-corrected chi connectivity index (χ2v) is 6.76. The molecule has 2 N–H and O–H groups in total. The number of H-pyrrole nitrogens is 1. The van der Waals surface area contributed by atoms with Gasteiger partial charge in [-0.25, -0.2) is 4.79 Å². The Bertz CT molecular complexity index is 959. The number of fused-ring (bicyclic) bond motifs is 2. The van der Waals surface area contributed by atoms with Gasteiger partial charge in [-0.2, -0.15) is 5.10 Å². The molecule has 26 heavy (non-hydrogen) atoms. The van der Waals surface area contributed by atoms with Gasteiger partial charge < -0.3 is 14.6 Å². The number of aromatic amines is 1. The Hall–Kier alpha value is -3.09. The summed E-state index contributed by atoms with van der Waals surface area (Å²) in [7, 11) is 0. The molecule has 0 saturated heterocycles. The fourth-order valence-electron chi connectivity index (χ4n) is 3.46. The summed E-state index contributed by atoms with van der Waals surface area (Å²) in [5.74, 6) is -0.300. The molecule has 2 aromatic rings. The molecule has 7 heteroatoms. The van der Waals surface area contributed by atoms with E-state index in [-0.39, 0.29) is 34.5 Å². The standard InChI is InChI=1S/C19H18N2O5/c1-8-6-13(22)10(3)18-16(8)25-17-9(2)14(23)7-11(12-4-5-20-21-12)15(17)19(24)26-18/h4-5,7-8,16,23H,6H2,1-3H3,(H,20,21). The van der Waals surface area contributed by atoms with E-state index in [2.05, 4.69) is 10.2 Å². The van der Waals surface area contributed by atoms with Crippen LogP contribution in [0.2, 0.25) is 0 Å². The summed E-state index contributed by atoms with van der Waals surface area (Å²) < 4.78 is 11.8. The third-order valence-corrected chi connectivity index (χ3v) is 5.02. The van der Waals surface area contributed by atoms with E-state index < -0.39 is 12.1 Å². The summed E-state index contributed by atoms with van der Waals surface area (Å²) in [6, 6.07) is 3.17. The summed E-state index contributed by atoms with van der Waals surface area (Å²) in [6.07, 6.45) is 1.31. The molecule has 0 radical (unpaired) electrons. The molecular weight excluding hydrogens is 336 g/mol. The molecule has 2 unspecified atom stereocenters. The van der Waals surface area contributed by atoms with Crippen LogP contribution in [0.25, 0.3) is 11.3 Å². The van der Waals surface area contributed by atoms with E-state index in [1.807, 2.05) is 6.92 Å². The molecule has 2 aliphatic rings. The van der Waals surface area contributed by atoms with Crippen LogP contribution in [0.3, 0.4) is 0 Å². The molecule has 1 aromatic heterocycles. The number of allylic oxidation sites excluding steroid dienone is 1. The van der Waals surface area contributed by atoms with Gasteiger partial charge in [0.15, 0.2) is 17.6 Å². The monoisotopic (exact) mass is 354 g/mol. The van der Waals surface area contributed by atoms with Gasteiger partial charge in [-0.3, -0.25) is 9.89 Å². The Morgan fingerprint density at radius 3 is 2.77 bits per heavy atom. The highest BCUT2D eigenvalue weighted by Crippen LogP contribution is 2.44. The highest BCUT2D eigenvalue weighted by molar-refractivity contribution is 6.03. The molecule has 2 atom stereocenters. The second kappa shape index (κ2) is 5.72. The lowest BCUT2D eigenvalue weighted by atomic mass is 9.86. The van der Waals surface area contributed by atoms with Crippen molar-refractivity contribution in [3.63, 3.8) is 0 Å². The summed E-state index contributed by atoms with van der Waals surface area (Å²) in [6.45, 7) is 5.20. The number of Topliss-reactive ketones (excluding diaryl/α,β-unsaturated/α-hetero) is 1. The zero-order chi connectivity index (χ0) is 18.6. The number of benzene rings is 1. The third-order valence-electron chi connectivity index (χ3n) is 5.02. The van der Waals surface area contributed by atoms with Crippen LogP contribution in [0, 0.1) is 12.8 Å². The first-order valence-corrected chi connectivity index (χ1v) is 8.37. The van der Waals surface area contributed by atoms with Crippen LogP contribution in [-0.4, -0.2) is 33.2 Å². The largest absolute Gasteiger partial charge is 0.508 e. The van der Waals surface area contributed by atoms with Gasteiger partial charge in [-0.05, 0) is 26.0 Å². The minimum Gasteiger partial charge on any atom is -0.508 e. The van der Waals surface area contributed by atoms with Crippen LogP contribution in [0.15, 0.2) is 29.7 Å². The van der Waals surface area contributed by atoms with E-state index in [4.69, 9.17) is 9.47 Å². The molecule has 7 nitrogen and oxygen atoms in total. The molecule has 1 aromatic carbocycles. The third kappa shape index (κ3) is 2.31. The van der Waals surface area contributed by atoms with Crippen LogP contribution in [0.5, 0.6) is 11.5 Å². The Morgan fingerprint density at radius 2 is 2.08 bits per heavy atom. The number of carbonyl (C=O) groups is 2. The van der Waals surface area contributed by atoms with Crippen LogP contribution < -0.4 is 4.74 Å². The molecule has 134 valence electrons. The molecule has 1 aliphatic carbocycles. The van der Waals surface area contributed by atoms with Crippen molar-refractivity contribution in [2.75, 3.05) is 0 Å². The minimum absolute atomic E-state index is 0.00448. The number of phenolic OH excluding ortho intramolecular Hbond substituents is 1. The first-order valence-electron chi connectivity index (χ1n) is 8.37. The Morgan fingerprint density at radius 1 is 1.31 bits per heavy atom. The van der Waals surface area contributed by atoms with Crippen molar-refractivity contribution in [3.05, 3.63) is 40.8 Å². The number of esters is 1. The fourth-order valence-corrected chi connectivity index (χ4v) is 3.46. The molecule has 0 spiro atoms. The first-order chi connectivity index (χ1) is 12.4. The van der Waals surface area contributed by atoms with Crippen molar-refractivity contribution in [3.8, 4) is 22.8 Å². The van der Waals surface area contributed by atoms with Crippen LogP contribution in [0.1, 0.15) is 36.2 Å². The Labute approximate surface area is 149 Å². The van der Waals surface area contributed by atoms with Crippen LogP contribution >= 0.6 is 0 Å². The average Bonchev–Trinajstić information content (AvgIpc) is 3.07. The molecule has 0 fully saturated rings. The van der Waals surface area contributed by atoms with Gasteiger partial charge in [0, 0.05) is 35.2 Å². The average molecular weight is 354 g/mol. The summed E-state index contributed by atoms with van der Waals surface area (Å²) in [5.41, 5.74) is 2.04. The number of carbonyl (C=O) groups excluding carboxylic acids is 2. The number of aromatic hydroxyl groups is 1. The van der Waals surface area contributed by atoms with Crippen molar-refractivity contribution >= 4 is 11.8 Å². The van der Waals surface area contributed by atoms with Crippen molar-refractivity contribution in [1.82, 2.24) is 10.2 Å². The van der Waals surface area contributed by atoms with Gasteiger partial charge in [-0.15, -0.1) is 0 Å². The maximum Gasteiger partial charge on any atom is 0.347 e. The predicted molar refractivity (Wildman–Crippen MR) is 91.7 cm³/mol. The first kappa shape index (κ1) is 16.4. The second-order valence-electron chi connectivity index (χ2n) is 6.76. The number of nitrogens with zero attached hydrogens (tertiary/aromatic N) is 1. The quantitative estimate of drug-likeness (QED) is 0.764. The lowest BCUT2D eigenvalue weighted by molar-refractivity contribution is -0.118. The van der Waals surface area contributed by atoms with E-state index >= 15 is 0 Å². The number of hydrogen-bond acceptors (Lipinski definition) is 6. The summed E-state index contributed by atoms with van der Waals surface area (Å²) in [5, 5.41) is 17.0. The molecule has 2 heterocycles. The maximum absolute atomic E-state index is 12.9. The van der Waals surface area contributed by atoms with Gasteiger partial charge in [0.25, 0.3) is 0 Å². The van der Waals surface area contributed by atoms with Crippen molar-refractivity contribution in [2.45, 2.75) is 33.3 Å². The highest BCUT2D eigenvalue weighted by atomic mass is 16.6. The summed E-state index contributed by atoms with van der Waals surface area (Å²) >= 11 is 0. The number of ether oxygens (including phenoxy) is 2. The van der Waals surface area contributed by atoms with E-state index in [1.165, 1.54) is 6.07 Å².